The van der Waals surface area contributed by atoms with Crippen molar-refractivity contribution in [2.24, 2.45) is 17.8 Å². The van der Waals surface area contributed by atoms with E-state index < -0.39 is 0 Å². The van der Waals surface area contributed by atoms with Crippen molar-refractivity contribution >= 4 is 11.7 Å². The summed E-state index contributed by atoms with van der Waals surface area (Å²) in [5.41, 5.74) is 8.00. The maximum atomic E-state index is 14.0. The van der Waals surface area contributed by atoms with Crippen LogP contribution < -0.4 is 5.73 Å². The minimum Gasteiger partial charge on any atom is -0.383 e. The molecule has 1 aromatic carbocycles. The lowest BCUT2D eigenvalue weighted by Gasteiger charge is -2.35. The van der Waals surface area contributed by atoms with Gasteiger partial charge in [-0.15, -0.1) is 0 Å². The van der Waals surface area contributed by atoms with Gasteiger partial charge in [0, 0.05) is 49.8 Å². The summed E-state index contributed by atoms with van der Waals surface area (Å²) in [7, 11) is 0. The molecule has 5 rings (SSSR count). The highest BCUT2D eigenvalue weighted by Gasteiger charge is 2.50. The van der Waals surface area contributed by atoms with Gasteiger partial charge in [0.15, 0.2) is 0 Å². The Balaban J connectivity index is 1.39. The first-order valence-corrected chi connectivity index (χ1v) is 10.6. The van der Waals surface area contributed by atoms with Crippen molar-refractivity contribution in [2.75, 3.05) is 25.4 Å². The van der Waals surface area contributed by atoms with Gasteiger partial charge >= 0.3 is 0 Å². The normalized spacial score (nSPS) is 27.1. The second-order valence-electron chi connectivity index (χ2n) is 8.78. The standard InChI is InChI=1S/C23H27FN4O/c24-19-8-2-6-16(10-19)21-20-14-27(11-17-7-3-9-26-22(17)25)12-18(20)13-28(21)23(29)15-4-1-5-15/h2-3,6-10,15,18,20-21H,1,4-5,11-14H2,(H2,25,26)/t18-,20-,21+/m0/s1. The number of aromatic nitrogens is 1. The molecule has 5 nitrogen and oxygen atoms in total. The molecule has 1 aliphatic carbocycles. The molecule has 2 saturated heterocycles. The molecule has 152 valence electrons. The predicted octanol–water partition coefficient (Wildman–Crippen LogP) is 3.23. The van der Waals surface area contributed by atoms with Crippen LogP contribution in [0.15, 0.2) is 42.6 Å². The van der Waals surface area contributed by atoms with Crippen molar-refractivity contribution in [1.29, 1.82) is 0 Å². The minimum absolute atomic E-state index is 0.0416. The number of rotatable bonds is 4. The Bertz CT molecular complexity index is 915. The van der Waals surface area contributed by atoms with Gasteiger partial charge in [-0.2, -0.15) is 0 Å². The van der Waals surface area contributed by atoms with E-state index in [9.17, 15) is 9.18 Å². The van der Waals surface area contributed by atoms with Crippen LogP contribution in [-0.4, -0.2) is 40.3 Å². The van der Waals surface area contributed by atoms with Crippen molar-refractivity contribution in [2.45, 2.75) is 31.8 Å². The van der Waals surface area contributed by atoms with Crippen molar-refractivity contribution in [3.63, 3.8) is 0 Å². The Morgan fingerprint density at radius 2 is 2.03 bits per heavy atom. The van der Waals surface area contributed by atoms with Crippen LogP contribution in [0, 0.1) is 23.6 Å². The van der Waals surface area contributed by atoms with Gasteiger partial charge in [0.25, 0.3) is 0 Å². The summed E-state index contributed by atoms with van der Waals surface area (Å²) in [6.07, 6.45) is 4.84. The van der Waals surface area contributed by atoms with Gasteiger partial charge in [0.1, 0.15) is 11.6 Å². The van der Waals surface area contributed by atoms with Crippen LogP contribution in [0.4, 0.5) is 10.2 Å². The number of anilines is 1. The number of carbonyl (C=O) groups excluding carboxylic acids is 1. The van der Waals surface area contributed by atoms with Gasteiger partial charge in [-0.1, -0.05) is 24.6 Å². The van der Waals surface area contributed by atoms with Gasteiger partial charge in [0.2, 0.25) is 5.91 Å². The topological polar surface area (TPSA) is 62.5 Å². The SMILES string of the molecule is Nc1ncccc1CN1C[C@H]2CN(C(=O)C3CCC3)[C@H](c3cccc(F)c3)[C@H]2C1. The monoisotopic (exact) mass is 394 g/mol. The lowest BCUT2D eigenvalue weighted by Crippen LogP contribution is -2.41. The Hall–Kier alpha value is -2.47. The van der Waals surface area contributed by atoms with Crippen LogP contribution in [0.25, 0.3) is 0 Å². The maximum absolute atomic E-state index is 14.0. The molecular formula is C23H27FN4O. The molecule has 0 bridgehead atoms. The van der Waals surface area contributed by atoms with Crippen LogP contribution in [0.2, 0.25) is 0 Å². The number of pyridine rings is 1. The third kappa shape index (κ3) is 3.39. The summed E-state index contributed by atoms with van der Waals surface area (Å²) >= 11 is 0. The van der Waals surface area contributed by atoms with Gasteiger partial charge < -0.3 is 10.6 Å². The number of hydrogen-bond donors (Lipinski definition) is 1. The van der Waals surface area contributed by atoms with E-state index in [-0.39, 0.29) is 23.7 Å². The average molecular weight is 394 g/mol. The molecular weight excluding hydrogens is 367 g/mol. The Labute approximate surface area is 170 Å². The number of likely N-dealkylation sites (tertiary alicyclic amines) is 2. The van der Waals surface area contributed by atoms with Gasteiger partial charge in [0.05, 0.1) is 6.04 Å². The molecule has 2 N–H and O–H groups in total. The number of benzene rings is 1. The van der Waals surface area contributed by atoms with Crippen LogP contribution in [0.3, 0.4) is 0 Å². The lowest BCUT2D eigenvalue weighted by molar-refractivity contribution is -0.139. The van der Waals surface area contributed by atoms with Gasteiger partial charge in [-0.25, -0.2) is 9.37 Å². The number of hydrogen-bond acceptors (Lipinski definition) is 4. The molecule has 2 aromatic rings. The van der Waals surface area contributed by atoms with Crippen molar-refractivity contribution in [1.82, 2.24) is 14.8 Å². The molecule has 3 fully saturated rings. The highest BCUT2D eigenvalue weighted by Crippen LogP contribution is 2.47. The zero-order valence-corrected chi connectivity index (χ0v) is 16.5. The maximum Gasteiger partial charge on any atom is 0.226 e. The summed E-state index contributed by atoms with van der Waals surface area (Å²) in [6, 6.07) is 10.7. The van der Waals surface area contributed by atoms with E-state index >= 15 is 0 Å². The van der Waals surface area contributed by atoms with E-state index in [0.717, 1.165) is 56.6 Å². The Morgan fingerprint density at radius 1 is 1.17 bits per heavy atom. The summed E-state index contributed by atoms with van der Waals surface area (Å²) < 4.78 is 14.0. The van der Waals surface area contributed by atoms with Crippen LogP contribution in [0.1, 0.15) is 36.4 Å². The first-order chi connectivity index (χ1) is 14.1. The molecule has 0 spiro atoms. The fourth-order valence-electron chi connectivity index (χ4n) is 5.33. The molecule has 1 saturated carbocycles. The first kappa shape index (κ1) is 18.6. The Morgan fingerprint density at radius 3 is 2.76 bits per heavy atom. The fourth-order valence-corrected chi connectivity index (χ4v) is 5.33. The van der Waals surface area contributed by atoms with Gasteiger partial charge in [-0.05, 0) is 42.5 Å². The molecule has 6 heteroatoms. The lowest BCUT2D eigenvalue weighted by atomic mass is 9.83. The van der Waals surface area contributed by atoms with Crippen LogP contribution in [0.5, 0.6) is 0 Å². The highest BCUT2D eigenvalue weighted by molar-refractivity contribution is 5.80. The zero-order valence-electron chi connectivity index (χ0n) is 16.5. The molecule has 0 unspecified atom stereocenters. The molecule has 3 aliphatic rings. The third-order valence-electron chi connectivity index (χ3n) is 6.99. The summed E-state index contributed by atoms with van der Waals surface area (Å²) in [5, 5.41) is 0. The first-order valence-electron chi connectivity index (χ1n) is 10.6. The second-order valence-corrected chi connectivity index (χ2v) is 8.78. The summed E-state index contributed by atoms with van der Waals surface area (Å²) in [4.78, 5) is 21.8. The number of nitrogens with zero attached hydrogens (tertiary/aromatic N) is 3. The molecule has 1 amide bonds. The molecule has 29 heavy (non-hydrogen) atoms. The number of nitrogen functional groups attached to an aromatic ring is 1. The zero-order chi connectivity index (χ0) is 20.0. The number of nitrogens with two attached hydrogens (primary N) is 1. The number of amides is 1. The van der Waals surface area contributed by atoms with E-state index in [1.807, 2.05) is 18.2 Å². The quantitative estimate of drug-likeness (QED) is 0.865. The van der Waals surface area contributed by atoms with Crippen LogP contribution in [-0.2, 0) is 11.3 Å². The molecule has 3 heterocycles. The van der Waals surface area contributed by atoms with E-state index in [0.29, 0.717) is 17.7 Å². The third-order valence-corrected chi connectivity index (χ3v) is 6.99. The molecule has 0 radical (unpaired) electrons. The molecule has 3 atom stereocenters. The fraction of sp³-hybridized carbons (Fsp3) is 0.478. The number of carbonyl (C=O) groups is 1. The van der Waals surface area contributed by atoms with E-state index in [1.165, 1.54) is 6.07 Å². The number of fused-ring (bicyclic) bond motifs is 1. The number of halogens is 1. The van der Waals surface area contributed by atoms with E-state index in [1.54, 1.807) is 18.3 Å². The largest absolute Gasteiger partial charge is 0.383 e. The average Bonchev–Trinajstić information content (AvgIpc) is 3.19. The van der Waals surface area contributed by atoms with Gasteiger partial charge in [-0.3, -0.25) is 9.69 Å². The smallest absolute Gasteiger partial charge is 0.226 e. The van der Waals surface area contributed by atoms with Crippen LogP contribution >= 0.6 is 0 Å². The van der Waals surface area contributed by atoms with Crippen molar-refractivity contribution < 1.29 is 9.18 Å². The van der Waals surface area contributed by atoms with E-state index in [2.05, 4.69) is 14.8 Å². The minimum atomic E-state index is -0.236. The van der Waals surface area contributed by atoms with Crippen molar-refractivity contribution in [3.8, 4) is 0 Å². The molecule has 2 aliphatic heterocycles. The summed E-state index contributed by atoms with van der Waals surface area (Å²) in [6.45, 7) is 3.34. The highest BCUT2D eigenvalue weighted by atomic mass is 19.1. The summed E-state index contributed by atoms with van der Waals surface area (Å²) in [5.74, 6) is 1.50. The van der Waals surface area contributed by atoms with E-state index in [4.69, 9.17) is 5.73 Å². The predicted molar refractivity (Wildman–Crippen MR) is 109 cm³/mol. The molecule has 1 aromatic heterocycles. The Kier molecular flexibility index (Phi) is 4.74. The second kappa shape index (κ2) is 7.41. The van der Waals surface area contributed by atoms with Crippen molar-refractivity contribution in [3.05, 3.63) is 59.5 Å².